The van der Waals surface area contributed by atoms with Crippen LogP contribution in [0.2, 0.25) is 0 Å². The standard InChI is InChI=1S/C18H19NO7/c1-25-11-19-9-3-4-14(15(19)20)13-7-5-12(6-8-13)10-18(26-2,16(21)22)17(23)24/h3-9H,10-11H2,1-2H3,(H,21,22)(H,23,24). The second-order valence-corrected chi connectivity index (χ2v) is 5.63. The van der Waals surface area contributed by atoms with Gasteiger partial charge in [0.05, 0.1) is 0 Å². The zero-order valence-corrected chi connectivity index (χ0v) is 14.3. The molecule has 1 aromatic carbocycles. The average Bonchev–Trinajstić information content (AvgIpc) is 2.62. The summed E-state index contributed by atoms with van der Waals surface area (Å²) < 4.78 is 11.2. The predicted molar refractivity (Wildman–Crippen MR) is 91.9 cm³/mol. The summed E-state index contributed by atoms with van der Waals surface area (Å²) in [6.45, 7) is 0.123. The van der Waals surface area contributed by atoms with Gasteiger partial charge in [0.15, 0.2) is 0 Å². The summed E-state index contributed by atoms with van der Waals surface area (Å²) in [7, 11) is 2.53. The van der Waals surface area contributed by atoms with Gasteiger partial charge < -0.3 is 19.7 Å². The Bertz CT molecular complexity index is 841. The van der Waals surface area contributed by atoms with E-state index in [4.69, 9.17) is 9.47 Å². The van der Waals surface area contributed by atoms with Crippen molar-refractivity contribution in [3.8, 4) is 11.1 Å². The molecule has 0 bridgehead atoms. The van der Waals surface area contributed by atoms with Gasteiger partial charge in [0.25, 0.3) is 11.2 Å². The molecule has 8 nitrogen and oxygen atoms in total. The Morgan fingerprint density at radius 3 is 2.19 bits per heavy atom. The fourth-order valence-corrected chi connectivity index (χ4v) is 2.58. The van der Waals surface area contributed by atoms with Gasteiger partial charge in [-0.15, -0.1) is 0 Å². The summed E-state index contributed by atoms with van der Waals surface area (Å²) in [5.41, 5.74) is -1.07. The van der Waals surface area contributed by atoms with Gasteiger partial charge in [0.1, 0.15) is 6.73 Å². The number of nitrogens with zero attached hydrogens (tertiary/aromatic N) is 1. The fraction of sp³-hybridized carbons (Fsp3) is 0.278. The van der Waals surface area contributed by atoms with Gasteiger partial charge in [0.2, 0.25) is 0 Å². The number of hydrogen-bond donors (Lipinski definition) is 2. The minimum atomic E-state index is -2.36. The van der Waals surface area contributed by atoms with E-state index in [9.17, 15) is 24.6 Å². The maximum atomic E-state index is 12.4. The molecule has 0 fully saturated rings. The van der Waals surface area contributed by atoms with Crippen molar-refractivity contribution in [2.45, 2.75) is 18.8 Å². The highest BCUT2D eigenvalue weighted by molar-refractivity contribution is 6.02. The molecular formula is C18H19NO7. The quantitative estimate of drug-likeness (QED) is 0.679. The van der Waals surface area contributed by atoms with Gasteiger partial charge in [-0.1, -0.05) is 24.3 Å². The van der Waals surface area contributed by atoms with Gasteiger partial charge in [0, 0.05) is 32.4 Å². The number of pyridine rings is 1. The number of hydrogen-bond acceptors (Lipinski definition) is 5. The third-order valence-electron chi connectivity index (χ3n) is 4.05. The zero-order valence-electron chi connectivity index (χ0n) is 14.3. The van der Waals surface area contributed by atoms with Crippen LogP contribution in [0.15, 0.2) is 47.4 Å². The molecule has 0 atom stereocenters. The molecule has 0 unspecified atom stereocenters. The minimum absolute atomic E-state index is 0.123. The second kappa shape index (κ2) is 7.94. The van der Waals surface area contributed by atoms with Crippen LogP contribution in [0, 0.1) is 0 Å². The number of rotatable bonds is 8. The van der Waals surface area contributed by atoms with Gasteiger partial charge >= 0.3 is 11.9 Å². The maximum absolute atomic E-state index is 12.4. The van der Waals surface area contributed by atoms with E-state index < -0.39 is 17.5 Å². The van der Waals surface area contributed by atoms with E-state index in [1.54, 1.807) is 42.6 Å². The molecule has 2 aromatic rings. The number of carbonyl (C=O) groups is 2. The number of carboxylic acids is 2. The maximum Gasteiger partial charge on any atom is 0.348 e. The Labute approximate surface area is 149 Å². The second-order valence-electron chi connectivity index (χ2n) is 5.63. The van der Waals surface area contributed by atoms with Crippen molar-refractivity contribution in [2.24, 2.45) is 0 Å². The van der Waals surface area contributed by atoms with E-state index in [1.807, 2.05) is 0 Å². The third kappa shape index (κ3) is 3.66. The molecule has 0 aliphatic heterocycles. The Morgan fingerprint density at radius 1 is 1.08 bits per heavy atom. The molecule has 0 saturated carbocycles. The van der Waals surface area contributed by atoms with Gasteiger partial charge in [-0.05, 0) is 23.3 Å². The summed E-state index contributed by atoms with van der Waals surface area (Å²) in [6, 6.07) is 9.79. The van der Waals surface area contributed by atoms with E-state index in [0.29, 0.717) is 16.7 Å². The van der Waals surface area contributed by atoms with Crippen LogP contribution in [0.4, 0.5) is 0 Å². The number of aromatic nitrogens is 1. The SMILES string of the molecule is COCn1cccc(-c2ccc(CC(OC)(C(=O)O)C(=O)O)cc2)c1=O. The molecule has 0 aliphatic rings. The molecule has 0 amide bonds. The van der Waals surface area contributed by atoms with Crippen molar-refractivity contribution in [3.05, 3.63) is 58.5 Å². The van der Waals surface area contributed by atoms with Crippen LogP contribution in [0.3, 0.4) is 0 Å². The lowest BCUT2D eigenvalue weighted by Crippen LogP contribution is -2.50. The molecule has 2 rings (SSSR count). The monoisotopic (exact) mass is 361 g/mol. The molecule has 1 heterocycles. The topological polar surface area (TPSA) is 115 Å². The van der Waals surface area contributed by atoms with Crippen LogP contribution in [-0.2, 0) is 32.2 Å². The predicted octanol–water partition coefficient (Wildman–Crippen LogP) is 1.22. The normalized spacial score (nSPS) is 11.3. The smallest absolute Gasteiger partial charge is 0.348 e. The lowest BCUT2D eigenvalue weighted by Gasteiger charge is -2.23. The van der Waals surface area contributed by atoms with Gasteiger partial charge in [-0.25, -0.2) is 9.59 Å². The lowest BCUT2D eigenvalue weighted by molar-refractivity contribution is -0.179. The summed E-state index contributed by atoms with van der Waals surface area (Å²) in [6.07, 6.45) is 1.26. The Kier molecular flexibility index (Phi) is 5.91. The highest BCUT2D eigenvalue weighted by Gasteiger charge is 2.47. The summed E-state index contributed by atoms with van der Waals surface area (Å²) in [5.74, 6) is -3.16. The van der Waals surface area contributed by atoms with E-state index in [1.165, 1.54) is 11.7 Å². The molecule has 0 spiro atoms. The van der Waals surface area contributed by atoms with Crippen molar-refractivity contribution >= 4 is 11.9 Å². The largest absolute Gasteiger partial charge is 0.479 e. The summed E-state index contributed by atoms with van der Waals surface area (Å²) in [5, 5.41) is 18.5. The van der Waals surface area contributed by atoms with Crippen molar-refractivity contribution in [3.63, 3.8) is 0 Å². The molecule has 1 aromatic heterocycles. The van der Waals surface area contributed by atoms with E-state index >= 15 is 0 Å². The van der Waals surface area contributed by atoms with E-state index in [2.05, 4.69) is 0 Å². The first-order valence-electron chi connectivity index (χ1n) is 7.65. The van der Waals surface area contributed by atoms with E-state index in [0.717, 1.165) is 7.11 Å². The zero-order chi connectivity index (χ0) is 19.3. The van der Waals surface area contributed by atoms with Crippen molar-refractivity contribution < 1.29 is 29.3 Å². The first-order valence-corrected chi connectivity index (χ1v) is 7.65. The summed E-state index contributed by atoms with van der Waals surface area (Å²) >= 11 is 0. The van der Waals surface area contributed by atoms with Crippen LogP contribution in [0.5, 0.6) is 0 Å². The Morgan fingerprint density at radius 2 is 1.69 bits per heavy atom. The molecular weight excluding hydrogens is 342 g/mol. The minimum Gasteiger partial charge on any atom is -0.479 e. The lowest BCUT2D eigenvalue weighted by atomic mass is 9.93. The van der Waals surface area contributed by atoms with Crippen LogP contribution in [0.25, 0.3) is 11.1 Å². The number of ether oxygens (including phenoxy) is 2. The number of benzene rings is 1. The molecule has 0 radical (unpaired) electrons. The number of methoxy groups -OCH3 is 2. The van der Waals surface area contributed by atoms with Crippen molar-refractivity contribution in [1.29, 1.82) is 0 Å². The Hall–Kier alpha value is -2.97. The highest BCUT2D eigenvalue weighted by atomic mass is 16.5. The van der Waals surface area contributed by atoms with Crippen LogP contribution in [-0.4, -0.2) is 46.5 Å². The molecule has 26 heavy (non-hydrogen) atoms. The number of aliphatic carboxylic acids is 2. The van der Waals surface area contributed by atoms with Crippen molar-refractivity contribution in [1.82, 2.24) is 4.57 Å². The Balaban J connectivity index is 2.35. The molecule has 2 N–H and O–H groups in total. The van der Waals surface area contributed by atoms with E-state index in [-0.39, 0.29) is 18.7 Å². The first-order chi connectivity index (χ1) is 12.4. The molecule has 138 valence electrons. The molecule has 0 saturated heterocycles. The number of carboxylic acid groups (broad SMARTS) is 2. The highest BCUT2D eigenvalue weighted by Crippen LogP contribution is 2.22. The first kappa shape index (κ1) is 19.4. The molecule has 8 heteroatoms. The van der Waals surface area contributed by atoms with Crippen LogP contribution < -0.4 is 5.56 Å². The van der Waals surface area contributed by atoms with Crippen molar-refractivity contribution in [2.75, 3.05) is 14.2 Å². The average molecular weight is 361 g/mol. The van der Waals surface area contributed by atoms with Gasteiger partial charge in [-0.3, -0.25) is 9.36 Å². The summed E-state index contributed by atoms with van der Waals surface area (Å²) in [4.78, 5) is 35.1. The van der Waals surface area contributed by atoms with Crippen LogP contribution >= 0.6 is 0 Å². The van der Waals surface area contributed by atoms with Gasteiger partial charge in [-0.2, -0.15) is 0 Å². The third-order valence-corrected chi connectivity index (χ3v) is 4.05. The fourth-order valence-electron chi connectivity index (χ4n) is 2.58. The molecule has 0 aliphatic carbocycles. The van der Waals surface area contributed by atoms with Crippen LogP contribution in [0.1, 0.15) is 5.56 Å².